The molecule has 0 aromatic heterocycles. The molecule has 0 spiro atoms. The molecule has 0 atom stereocenters. The van der Waals surface area contributed by atoms with Gasteiger partial charge in [0.05, 0.1) is 0 Å². The van der Waals surface area contributed by atoms with Gasteiger partial charge in [-0.1, -0.05) is 6.07 Å². The lowest BCUT2D eigenvalue weighted by atomic mass is 10.3. The van der Waals surface area contributed by atoms with Crippen molar-refractivity contribution in [1.82, 2.24) is 5.32 Å². The van der Waals surface area contributed by atoms with Gasteiger partial charge in [0.15, 0.2) is 0 Å². The van der Waals surface area contributed by atoms with Crippen LogP contribution in [-0.2, 0) is 4.79 Å². The minimum atomic E-state index is 0.0291. The van der Waals surface area contributed by atoms with Crippen LogP contribution < -0.4 is 16.4 Å². The Morgan fingerprint density at radius 2 is 2.29 bits per heavy atom. The van der Waals surface area contributed by atoms with Crippen molar-refractivity contribution in [3.63, 3.8) is 0 Å². The molecule has 0 radical (unpaired) electrons. The molecule has 0 fully saturated rings. The van der Waals surface area contributed by atoms with Crippen LogP contribution in [0.15, 0.2) is 24.3 Å². The normalized spacial score (nSPS) is 9.50. The van der Waals surface area contributed by atoms with Crippen molar-refractivity contribution in [2.45, 2.75) is 6.42 Å². The standard InChI is InChI=1S/C10H15N3O/c1-12-10(14)5-6-13-9-4-2-3-8(11)7-9/h2-4,7,13H,5-6,11H2,1H3,(H,12,14). The SMILES string of the molecule is CNC(=O)CCNc1cccc(N)c1. The molecule has 76 valence electrons. The van der Waals surface area contributed by atoms with Gasteiger partial charge in [0.2, 0.25) is 5.91 Å². The molecule has 1 aromatic rings. The number of rotatable bonds is 4. The topological polar surface area (TPSA) is 67.2 Å². The van der Waals surface area contributed by atoms with Crippen LogP contribution in [0.25, 0.3) is 0 Å². The zero-order valence-electron chi connectivity index (χ0n) is 8.21. The largest absolute Gasteiger partial charge is 0.399 e. The van der Waals surface area contributed by atoms with Gasteiger partial charge < -0.3 is 16.4 Å². The summed E-state index contributed by atoms with van der Waals surface area (Å²) in [6.45, 7) is 0.614. The summed E-state index contributed by atoms with van der Waals surface area (Å²) in [7, 11) is 1.63. The lowest BCUT2D eigenvalue weighted by Crippen LogP contribution is -2.20. The minimum Gasteiger partial charge on any atom is -0.399 e. The Labute approximate surface area is 83.5 Å². The summed E-state index contributed by atoms with van der Waals surface area (Å²) in [4.78, 5) is 10.9. The van der Waals surface area contributed by atoms with E-state index in [9.17, 15) is 4.79 Å². The van der Waals surface area contributed by atoms with E-state index in [1.165, 1.54) is 0 Å². The maximum absolute atomic E-state index is 10.9. The van der Waals surface area contributed by atoms with Gasteiger partial charge in [-0.05, 0) is 18.2 Å². The Morgan fingerprint density at radius 1 is 1.50 bits per heavy atom. The number of hydrogen-bond donors (Lipinski definition) is 3. The number of carbonyl (C=O) groups is 1. The fourth-order valence-corrected chi connectivity index (χ4v) is 1.09. The molecule has 0 unspecified atom stereocenters. The third kappa shape index (κ3) is 3.35. The van der Waals surface area contributed by atoms with E-state index in [1.54, 1.807) is 7.05 Å². The summed E-state index contributed by atoms with van der Waals surface area (Å²) in [5.41, 5.74) is 7.25. The highest BCUT2D eigenvalue weighted by Crippen LogP contribution is 2.11. The monoisotopic (exact) mass is 193 g/mol. The van der Waals surface area contributed by atoms with Crippen LogP contribution in [0.3, 0.4) is 0 Å². The van der Waals surface area contributed by atoms with Gasteiger partial charge in [-0.15, -0.1) is 0 Å². The third-order valence-electron chi connectivity index (χ3n) is 1.85. The van der Waals surface area contributed by atoms with Crippen molar-refractivity contribution in [3.05, 3.63) is 24.3 Å². The highest BCUT2D eigenvalue weighted by atomic mass is 16.1. The molecule has 0 bridgehead atoms. The smallest absolute Gasteiger partial charge is 0.221 e. The van der Waals surface area contributed by atoms with E-state index in [0.29, 0.717) is 13.0 Å². The molecule has 1 aromatic carbocycles. The molecular formula is C10H15N3O. The van der Waals surface area contributed by atoms with E-state index < -0.39 is 0 Å². The fraction of sp³-hybridized carbons (Fsp3) is 0.300. The van der Waals surface area contributed by atoms with Crippen molar-refractivity contribution in [2.24, 2.45) is 0 Å². The molecule has 4 heteroatoms. The van der Waals surface area contributed by atoms with Crippen LogP contribution in [0.5, 0.6) is 0 Å². The van der Waals surface area contributed by atoms with Gasteiger partial charge in [0.25, 0.3) is 0 Å². The van der Waals surface area contributed by atoms with E-state index in [2.05, 4.69) is 10.6 Å². The number of hydrogen-bond acceptors (Lipinski definition) is 3. The molecule has 0 saturated carbocycles. The van der Waals surface area contributed by atoms with Crippen molar-refractivity contribution in [2.75, 3.05) is 24.6 Å². The zero-order valence-corrected chi connectivity index (χ0v) is 8.21. The Morgan fingerprint density at radius 3 is 2.93 bits per heavy atom. The van der Waals surface area contributed by atoms with Crippen LogP contribution in [0.2, 0.25) is 0 Å². The maximum Gasteiger partial charge on any atom is 0.221 e. The van der Waals surface area contributed by atoms with Gasteiger partial charge in [0, 0.05) is 31.4 Å². The third-order valence-corrected chi connectivity index (χ3v) is 1.85. The van der Waals surface area contributed by atoms with Gasteiger partial charge in [-0.25, -0.2) is 0 Å². The second-order valence-electron chi connectivity index (χ2n) is 2.98. The number of nitrogen functional groups attached to an aromatic ring is 1. The van der Waals surface area contributed by atoms with Crippen LogP contribution in [-0.4, -0.2) is 19.5 Å². The van der Waals surface area contributed by atoms with E-state index in [4.69, 9.17) is 5.73 Å². The van der Waals surface area contributed by atoms with Crippen molar-refractivity contribution in [3.8, 4) is 0 Å². The van der Waals surface area contributed by atoms with Crippen LogP contribution in [0, 0.1) is 0 Å². The fourth-order valence-electron chi connectivity index (χ4n) is 1.09. The lowest BCUT2D eigenvalue weighted by Gasteiger charge is -2.05. The Balaban J connectivity index is 2.35. The van der Waals surface area contributed by atoms with Crippen LogP contribution in [0.1, 0.15) is 6.42 Å². The van der Waals surface area contributed by atoms with E-state index in [1.807, 2.05) is 24.3 Å². The average Bonchev–Trinajstić information content (AvgIpc) is 2.17. The maximum atomic E-state index is 10.9. The van der Waals surface area contributed by atoms with Crippen LogP contribution in [0.4, 0.5) is 11.4 Å². The molecule has 1 amide bonds. The Bertz CT molecular complexity index is 312. The molecular weight excluding hydrogens is 178 g/mol. The second-order valence-corrected chi connectivity index (χ2v) is 2.98. The summed E-state index contributed by atoms with van der Waals surface area (Å²) < 4.78 is 0. The van der Waals surface area contributed by atoms with Gasteiger partial charge in [-0.2, -0.15) is 0 Å². The van der Waals surface area contributed by atoms with E-state index in [0.717, 1.165) is 11.4 Å². The molecule has 4 nitrogen and oxygen atoms in total. The van der Waals surface area contributed by atoms with E-state index >= 15 is 0 Å². The molecule has 0 aliphatic heterocycles. The zero-order chi connectivity index (χ0) is 10.4. The van der Waals surface area contributed by atoms with Gasteiger partial charge >= 0.3 is 0 Å². The Kier molecular flexibility index (Phi) is 3.79. The average molecular weight is 193 g/mol. The molecule has 14 heavy (non-hydrogen) atoms. The number of carbonyl (C=O) groups excluding carboxylic acids is 1. The first-order chi connectivity index (χ1) is 6.72. The summed E-state index contributed by atoms with van der Waals surface area (Å²) >= 11 is 0. The molecule has 4 N–H and O–H groups in total. The van der Waals surface area contributed by atoms with Crippen molar-refractivity contribution in [1.29, 1.82) is 0 Å². The predicted molar refractivity (Wildman–Crippen MR) is 58.0 cm³/mol. The second kappa shape index (κ2) is 5.11. The molecule has 0 heterocycles. The number of anilines is 2. The molecule has 1 rings (SSSR count). The molecule has 0 aliphatic carbocycles. The summed E-state index contributed by atoms with van der Waals surface area (Å²) in [5, 5.41) is 5.67. The minimum absolute atomic E-state index is 0.0291. The summed E-state index contributed by atoms with van der Waals surface area (Å²) in [6, 6.07) is 7.45. The van der Waals surface area contributed by atoms with Crippen molar-refractivity contribution < 1.29 is 4.79 Å². The lowest BCUT2D eigenvalue weighted by molar-refractivity contribution is -0.120. The van der Waals surface area contributed by atoms with Crippen LogP contribution >= 0.6 is 0 Å². The number of benzene rings is 1. The predicted octanol–water partition coefficient (Wildman–Crippen LogP) is 0.817. The van der Waals surface area contributed by atoms with E-state index in [-0.39, 0.29) is 5.91 Å². The highest BCUT2D eigenvalue weighted by molar-refractivity contribution is 5.76. The highest BCUT2D eigenvalue weighted by Gasteiger charge is 1.97. The van der Waals surface area contributed by atoms with Gasteiger partial charge in [0.1, 0.15) is 0 Å². The van der Waals surface area contributed by atoms with Crippen molar-refractivity contribution >= 4 is 17.3 Å². The molecule has 0 aliphatic rings. The summed E-state index contributed by atoms with van der Waals surface area (Å²) in [5.74, 6) is 0.0291. The molecule has 0 saturated heterocycles. The number of nitrogens with one attached hydrogen (secondary N) is 2. The first kappa shape index (κ1) is 10.4. The first-order valence-electron chi connectivity index (χ1n) is 4.52. The first-order valence-corrected chi connectivity index (χ1v) is 4.52. The summed E-state index contributed by atoms with van der Waals surface area (Å²) in [6.07, 6.45) is 0.464. The van der Waals surface area contributed by atoms with Gasteiger partial charge in [-0.3, -0.25) is 4.79 Å². The Hall–Kier alpha value is -1.71. The quantitative estimate of drug-likeness (QED) is 0.620. The number of amides is 1. The number of nitrogens with two attached hydrogens (primary N) is 1.